The number of nitrogens with two attached hydrogens (primary N) is 2. The van der Waals surface area contributed by atoms with E-state index in [4.69, 9.17) is 34.3 Å². The topological polar surface area (TPSA) is 349 Å². The lowest BCUT2D eigenvalue weighted by Gasteiger charge is -2.36. The molecule has 672 valence electrons. The van der Waals surface area contributed by atoms with Crippen molar-refractivity contribution in [2.75, 3.05) is 117 Å². The van der Waals surface area contributed by atoms with Crippen molar-refractivity contribution in [1.82, 2.24) is 64.2 Å². The second-order valence-electron chi connectivity index (χ2n) is 35.3. The minimum Gasteiger partial charge on any atom is -0.444 e. The van der Waals surface area contributed by atoms with Gasteiger partial charge in [-0.05, 0) is 220 Å². The maximum Gasteiger partial charge on any atom is 0.494 e. The van der Waals surface area contributed by atoms with E-state index in [1.807, 2.05) is 173 Å². The third-order valence-corrected chi connectivity index (χ3v) is 26.4. The Balaban J connectivity index is 0.000000123. The highest BCUT2D eigenvalue weighted by Crippen LogP contribution is 2.39. The average molecular weight is 2000 g/mol. The van der Waals surface area contributed by atoms with Gasteiger partial charge in [0.25, 0.3) is 23.1 Å². The lowest BCUT2D eigenvalue weighted by Crippen LogP contribution is -2.52. The molecule has 8 aliphatic heterocycles. The van der Waals surface area contributed by atoms with Crippen LogP contribution in [0.5, 0.6) is 0 Å². The van der Waals surface area contributed by atoms with Gasteiger partial charge in [0.2, 0.25) is 0 Å². The number of nitrogens with one attached hydrogen (secondary N) is 2. The molecule has 3 atom stereocenters. The number of Topliss-reactive ketones (excluding diaryl/α,β-unsaturated/α-hetero) is 3. The summed E-state index contributed by atoms with van der Waals surface area (Å²) in [5.74, 6) is 1.18. The molecule has 4 aromatic heterocycles. The van der Waals surface area contributed by atoms with Gasteiger partial charge in [0.15, 0.2) is 28.5 Å². The Morgan fingerprint density at radius 2 is 0.953 bits per heavy atom. The van der Waals surface area contributed by atoms with Gasteiger partial charge in [-0.15, -0.1) is 0 Å². The number of hydrogen-bond donors (Lipinski definition) is 4. The molecular formula is C94H109BBr4N18O11. The van der Waals surface area contributed by atoms with Crippen LogP contribution < -0.4 is 33.4 Å². The third-order valence-electron chi connectivity index (χ3n) is 24.4. The van der Waals surface area contributed by atoms with Gasteiger partial charge in [0, 0.05) is 151 Å². The maximum atomic E-state index is 13.2. The van der Waals surface area contributed by atoms with Crippen LogP contribution in [0, 0.1) is 5.92 Å². The second-order valence-corrected chi connectivity index (χ2v) is 39.0. The number of aromatic amines is 1. The molecule has 128 heavy (non-hydrogen) atoms. The zero-order valence-corrected chi connectivity index (χ0v) is 80.1. The predicted octanol–water partition coefficient (Wildman–Crippen LogP) is 15.9. The minimum atomic E-state index is -0.396. The van der Waals surface area contributed by atoms with Crippen molar-refractivity contribution < 1.29 is 42.1 Å². The number of halogens is 4. The highest BCUT2D eigenvalue weighted by Gasteiger charge is 2.52. The first kappa shape index (κ1) is 94.4. The van der Waals surface area contributed by atoms with Gasteiger partial charge in [-0.3, -0.25) is 58.2 Å². The van der Waals surface area contributed by atoms with Crippen LogP contribution in [0.4, 0.5) is 33.9 Å². The summed E-state index contributed by atoms with van der Waals surface area (Å²) < 4.78 is 33.4. The molecule has 1 saturated carbocycles. The number of likely N-dealkylation sites (tertiary alicyclic amines) is 1. The van der Waals surface area contributed by atoms with Gasteiger partial charge >= 0.3 is 13.2 Å². The number of nitrogens with zero attached hydrogens (tertiary/aromatic N) is 14. The minimum absolute atomic E-state index is 0.0909. The Morgan fingerprint density at radius 1 is 0.508 bits per heavy atom. The number of hydrogen-bond acceptors (Lipinski definition) is 26. The smallest absolute Gasteiger partial charge is 0.444 e. The largest absolute Gasteiger partial charge is 0.494 e. The molecular weight excluding hydrogens is 1890 g/mol. The number of likely N-dealkylation sites (N-methyl/N-ethyl adjacent to an activating group) is 2. The Labute approximate surface area is 778 Å². The first-order valence-corrected chi connectivity index (χ1v) is 46.6. The molecule has 20 rings (SSSR count). The van der Waals surface area contributed by atoms with Crippen molar-refractivity contribution in [2.45, 2.75) is 141 Å². The van der Waals surface area contributed by atoms with E-state index in [-0.39, 0.29) is 81.5 Å². The molecule has 0 bridgehead atoms. The van der Waals surface area contributed by atoms with E-state index in [1.165, 1.54) is 25.6 Å². The Hall–Kier alpha value is -9.69. The summed E-state index contributed by atoms with van der Waals surface area (Å²) in [5, 5.41) is 4.60. The van der Waals surface area contributed by atoms with Crippen molar-refractivity contribution in [2.24, 2.45) is 20.9 Å². The molecule has 1 aliphatic carbocycles. The molecule has 6 N–H and O–H groups in total. The SMILES string of the molecule is CC1(C)OB(c2ccc3oc(N)nc3c2)OC1(C)C.CC1CCN(C(=O)OC(C)(C)C)CC1.CN1CCN(C2C=Nc3ccc(-c4ccc5oc(N)nc5c4)cc3C2=O)CC1.CN1CCN(C2C=Nc3ccc(Br)cc3C2=O)CC1.O=C1c2cc(Br)ccc2N=CC1N1CCNCC1.O=c1[nH]cnc2ccc(Br)cc12.O=c1c2cc(Br)ccc2ncn1C1CCCCC1. The zero-order valence-electron chi connectivity index (χ0n) is 73.7. The standard InChI is InChI=1S/C21H21N5O2.C14H16BrN3O.C14H15BrN2O.C13H17BN2O3.C13H14BrN3O.C11H21NO2.C8H5BrN2O/c1-25-6-8-26(9-7-25)18-12-23-16-4-2-13(10-15(16)20(18)27)14-3-5-19-17(11-14)24-21(22)28-19;1-17-4-6-18(7-5-17)13-9-16-12-3-2-10(15)8-11(12)14(13)19;15-10-6-7-13-12(8-10)14(18)17(9-16-13)11-4-2-1-3-5-11;1-12(2)13(3,4)19-14(18-12)8-5-6-10-9(7-8)16-11(15)17-10;14-9-1-2-11-10(7-9)13(18)12(8-16-11)17-5-3-15-4-6-17;1-9-5-7-12(8-6-9)10(13)14-11(2,3)4;9-5-1-2-7-6(3-5)8(12)11-4-10-7/h2-5,10-12,18H,6-9H2,1H3,(H2,22,24);2-3,8-9,13H,4-7H2,1H3;6-9,11H,1-5H2;5-7H,1-4H3,(H2,15,16);1-2,7-8,12,15H,3-6H2;9H,5-8H2,1-4H3;1-4H,(H,10,11,12). The van der Waals surface area contributed by atoms with E-state index in [1.54, 1.807) is 37.1 Å². The lowest BCUT2D eigenvalue weighted by atomic mass is 9.79. The highest BCUT2D eigenvalue weighted by molar-refractivity contribution is 9.11. The number of benzene rings is 7. The summed E-state index contributed by atoms with van der Waals surface area (Å²) in [4.78, 5) is 119. The molecule has 0 spiro atoms. The number of amides is 1. The van der Waals surface area contributed by atoms with Gasteiger partial charge in [0.1, 0.15) is 34.8 Å². The Morgan fingerprint density at radius 3 is 1.48 bits per heavy atom. The quantitative estimate of drug-likeness (QED) is 0.112. The number of piperidine rings is 1. The second kappa shape index (κ2) is 41.6. The van der Waals surface area contributed by atoms with Crippen LogP contribution in [-0.4, -0.2) is 249 Å². The van der Waals surface area contributed by atoms with Crippen LogP contribution >= 0.6 is 63.7 Å². The number of rotatable bonds is 6. The van der Waals surface area contributed by atoms with E-state index in [0.29, 0.717) is 50.1 Å². The van der Waals surface area contributed by atoms with Crippen LogP contribution in [0.2, 0.25) is 0 Å². The number of anilines is 2. The molecule has 6 fully saturated rings. The summed E-state index contributed by atoms with van der Waals surface area (Å²) in [6, 6.07) is 39.5. The number of ether oxygens (including phenoxy) is 1. The van der Waals surface area contributed by atoms with E-state index in [9.17, 15) is 28.8 Å². The number of ketones is 3. The third kappa shape index (κ3) is 23.4. The first-order chi connectivity index (χ1) is 61.2. The number of nitrogen functional groups attached to an aromatic ring is 2. The number of piperazine rings is 3. The number of fused-ring (bicyclic) bond motifs is 7. The van der Waals surface area contributed by atoms with Gasteiger partial charge in [-0.25, -0.2) is 14.8 Å². The summed E-state index contributed by atoms with van der Waals surface area (Å²) in [7, 11) is 3.82. The summed E-state index contributed by atoms with van der Waals surface area (Å²) in [6.07, 6.45) is 16.4. The fourth-order valence-electron chi connectivity index (χ4n) is 16.2. The summed E-state index contributed by atoms with van der Waals surface area (Å²) in [6.45, 7) is 28.9. The monoisotopic (exact) mass is 1990 g/mol. The molecule has 0 radical (unpaired) electrons. The van der Waals surface area contributed by atoms with E-state index in [2.05, 4.69) is 154 Å². The number of H-pyrrole nitrogens is 1. The first-order valence-electron chi connectivity index (χ1n) is 43.4. The molecule has 34 heteroatoms. The molecule has 7 aromatic carbocycles. The van der Waals surface area contributed by atoms with Gasteiger partial charge in [-0.1, -0.05) is 108 Å². The molecule has 3 unspecified atom stereocenters. The highest BCUT2D eigenvalue weighted by atomic mass is 79.9. The molecule has 12 heterocycles. The van der Waals surface area contributed by atoms with Gasteiger partial charge < -0.3 is 59.3 Å². The van der Waals surface area contributed by atoms with Crippen molar-refractivity contribution in [3.8, 4) is 11.1 Å². The van der Waals surface area contributed by atoms with E-state index in [0.717, 1.165) is 191 Å². The summed E-state index contributed by atoms with van der Waals surface area (Å²) >= 11 is 13.5. The van der Waals surface area contributed by atoms with E-state index >= 15 is 0 Å². The van der Waals surface area contributed by atoms with Gasteiger partial charge in [-0.2, -0.15) is 9.97 Å². The molecule has 9 aliphatic rings. The Kier molecular flexibility index (Phi) is 30.7. The van der Waals surface area contributed by atoms with Crippen molar-refractivity contribution >= 4 is 191 Å². The normalized spacial score (nSPS) is 20.2. The number of aliphatic imine (C=N–C) groups is 3. The van der Waals surface area contributed by atoms with Crippen LogP contribution in [0.1, 0.15) is 137 Å². The molecule has 11 aromatic rings. The molecule has 5 saturated heterocycles. The fraction of sp³-hybridized carbons (Fsp3) is 0.415. The van der Waals surface area contributed by atoms with Crippen molar-refractivity contribution in [3.05, 3.63) is 195 Å². The zero-order chi connectivity index (χ0) is 90.9. The lowest BCUT2D eigenvalue weighted by molar-refractivity contribution is 0.00578. The van der Waals surface area contributed by atoms with E-state index < -0.39 is 7.12 Å². The van der Waals surface area contributed by atoms with Gasteiger partial charge in [0.05, 0.1) is 62.7 Å². The maximum absolute atomic E-state index is 13.2. The van der Waals surface area contributed by atoms with Crippen LogP contribution in [0.25, 0.3) is 55.1 Å². The molecule has 29 nitrogen and oxygen atoms in total. The Bertz CT molecular complexity index is 6060. The van der Waals surface area contributed by atoms with Crippen molar-refractivity contribution in [3.63, 3.8) is 0 Å². The number of oxazole rings is 2. The molecule has 1 amide bonds. The number of carbonyl (C=O) groups is 4. The number of carbonyl (C=O) groups excluding carboxylic acids is 4. The van der Waals surface area contributed by atoms with Crippen LogP contribution in [0.3, 0.4) is 0 Å². The fourth-order valence-corrected chi connectivity index (χ4v) is 17.7. The van der Waals surface area contributed by atoms with Crippen LogP contribution in [-0.2, 0) is 14.0 Å². The average Bonchev–Trinajstić information content (AvgIpc) is 1.54. The van der Waals surface area contributed by atoms with Crippen molar-refractivity contribution in [1.29, 1.82) is 0 Å². The number of aromatic nitrogens is 6. The predicted molar refractivity (Wildman–Crippen MR) is 520 cm³/mol. The van der Waals surface area contributed by atoms with Crippen LogP contribution in [0.15, 0.2) is 191 Å². The summed E-state index contributed by atoms with van der Waals surface area (Å²) in [5.41, 5.74) is 21.5.